The van der Waals surface area contributed by atoms with Crippen LogP contribution in [0.5, 0.6) is 0 Å². The van der Waals surface area contributed by atoms with Crippen molar-refractivity contribution in [1.29, 1.82) is 5.26 Å². The smallest absolute Gasteiger partial charge is 0.309 e. The zero-order valence-corrected chi connectivity index (χ0v) is 41.3. The van der Waals surface area contributed by atoms with Gasteiger partial charge in [0, 0.05) is 32.7 Å². The van der Waals surface area contributed by atoms with Crippen molar-refractivity contribution in [3.05, 3.63) is 265 Å². The molecule has 2 aromatic heterocycles. The van der Waals surface area contributed by atoms with Crippen molar-refractivity contribution in [3.8, 4) is 84.2 Å². The van der Waals surface area contributed by atoms with Crippen molar-refractivity contribution in [3.63, 3.8) is 0 Å². The number of hydrogen-bond donors (Lipinski definition) is 0. The van der Waals surface area contributed by atoms with E-state index in [1.807, 2.05) is 78.9 Å². The maximum absolute atomic E-state index is 15.2. The van der Waals surface area contributed by atoms with Gasteiger partial charge in [-0.1, -0.05) is 164 Å². The Morgan fingerprint density at radius 1 is 0.295 bits per heavy atom. The van der Waals surface area contributed by atoms with Gasteiger partial charge in [-0.25, -0.2) is 0 Å². The zero-order valence-electron chi connectivity index (χ0n) is 41.3. The van der Waals surface area contributed by atoms with E-state index in [1.165, 1.54) is 0 Å². The van der Waals surface area contributed by atoms with Crippen molar-refractivity contribution in [2.75, 3.05) is 0 Å². The molecule has 0 bridgehead atoms. The lowest BCUT2D eigenvalue weighted by Crippen LogP contribution is -2.12. The molecular formula is C69H41F6N3. The SMILES string of the molecule is N#Cc1ccc(-c2cc(-c3ccc(C(F)(F)F)cc3C(F)(F)F)ccc2-n2c3ccc(-c4ccccc4)cc3c3cc(-c4ccccc4)ccc32)c(-n2c3ccc(-c4ccccc4)cc3c3cc(-c4ccccc4)ccc32)c1. The molecule has 2 heterocycles. The Hall–Kier alpha value is -9.91. The highest BCUT2D eigenvalue weighted by Crippen LogP contribution is 2.47. The Balaban J connectivity index is 1.13. The van der Waals surface area contributed by atoms with Crippen LogP contribution < -0.4 is 0 Å². The highest BCUT2D eigenvalue weighted by atomic mass is 19.4. The van der Waals surface area contributed by atoms with E-state index in [0.29, 0.717) is 34.1 Å². The van der Waals surface area contributed by atoms with Gasteiger partial charge in [-0.15, -0.1) is 0 Å². The molecule has 0 fully saturated rings. The molecule has 0 aliphatic carbocycles. The summed E-state index contributed by atoms with van der Waals surface area (Å²) in [5.74, 6) is 0. The standard InChI is InChI=1S/C69H41F6N3/c70-68(71,72)53-27-29-54(61(41-53)69(73,74)75)52-26-34-62(77-63-30-22-48(44-13-5-1-6-14-44)36-57(63)58-37-49(23-31-64(58)77)45-15-7-2-8-16-45)56(40-52)55-28-21-43(42-76)35-67(55)78-65-32-24-50(46-17-9-3-10-18-46)38-59(65)60-39-51(25-33-66(60)78)47-19-11-4-12-20-47/h1-41H. The molecule has 13 rings (SSSR count). The topological polar surface area (TPSA) is 33.6 Å². The van der Waals surface area contributed by atoms with E-state index < -0.39 is 29.0 Å². The second-order valence-corrected chi connectivity index (χ2v) is 19.4. The molecule has 13 aromatic rings. The molecule has 0 saturated carbocycles. The summed E-state index contributed by atoms with van der Waals surface area (Å²) in [7, 11) is 0. The Labute approximate surface area is 444 Å². The van der Waals surface area contributed by atoms with Gasteiger partial charge in [0.1, 0.15) is 0 Å². The van der Waals surface area contributed by atoms with Crippen LogP contribution >= 0.6 is 0 Å². The molecule has 11 aromatic carbocycles. The molecule has 0 spiro atoms. The molecular weight excluding hydrogens is 985 g/mol. The van der Waals surface area contributed by atoms with E-state index in [1.54, 1.807) is 30.3 Å². The minimum absolute atomic E-state index is 0.0471. The Morgan fingerprint density at radius 2 is 0.679 bits per heavy atom. The predicted molar refractivity (Wildman–Crippen MR) is 302 cm³/mol. The van der Waals surface area contributed by atoms with E-state index in [-0.39, 0.29) is 11.6 Å². The second-order valence-electron chi connectivity index (χ2n) is 19.4. The molecule has 0 atom stereocenters. The Kier molecular flexibility index (Phi) is 11.5. The number of nitrogens with zero attached hydrogens (tertiary/aromatic N) is 3. The van der Waals surface area contributed by atoms with Gasteiger partial charge in [0.2, 0.25) is 0 Å². The van der Waals surface area contributed by atoms with Gasteiger partial charge in [0.05, 0.1) is 56.2 Å². The quantitative estimate of drug-likeness (QED) is 0.140. The number of aromatic nitrogens is 2. The number of fused-ring (bicyclic) bond motifs is 6. The van der Waals surface area contributed by atoms with Crippen molar-refractivity contribution in [2.45, 2.75) is 12.4 Å². The fourth-order valence-electron chi connectivity index (χ4n) is 11.1. The first-order valence-electron chi connectivity index (χ1n) is 25.3. The first kappa shape index (κ1) is 47.8. The minimum Gasteiger partial charge on any atom is -0.309 e. The van der Waals surface area contributed by atoms with Crippen LogP contribution in [0.4, 0.5) is 26.3 Å². The zero-order chi connectivity index (χ0) is 53.3. The average Bonchev–Trinajstić information content (AvgIpc) is 4.22. The van der Waals surface area contributed by atoms with Crippen LogP contribution in [0.1, 0.15) is 16.7 Å². The first-order valence-corrected chi connectivity index (χ1v) is 25.3. The largest absolute Gasteiger partial charge is 0.417 e. The summed E-state index contributed by atoms with van der Waals surface area (Å²) in [4.78, 5) is 0. The van der Waals surface area contributed by atoms with Gasteiger partial charge in [-0.2, -0.15) is 31.6 Å². The molecule has 3 nitrogen and oxygen atoms in total. The molecule has 0 aliphatic rings. The summed E-state index contributed by atoms with van der Waals surface area (Å²) < 4.78 is 92.3. The monoisotopic (exact) mass is 1030 g/mol. The maximum Gasteiger partial charge on any atom is 0.417 e. The number of benzene rings is 11. The minimum atomic E-state index is -5.14. The number of hydrogen-bond acceptors (Lipinski definition) is 1. The lowest BCUT2D eigenvalue weighted by atomic mass is 9.92. The molecule has 0 amide bonds. The normalized spacial score (nSPS) is 12.0. The summed E-state index contributed by atoms with van der Waals surface area (Å²) in [5.41, 5.74) is 10.6. The van der Waals surface area contributed by atoms with Crippen LogP contribution in [0.15, 0.2) is 249 Å². The number of alkyl halides is 6. The third kappa shape index (κ3) is 8.35. The maximum atomic E-state index is 15.2. The average molecular weight is 1030 g/mol. The lowest BCUT2D eigenvalue weighted by molar-refractivity contribution is -0.142. The molecule has 0 N–H and O–H groups in total. The van der Waals surface area contributed by atoms with Crippen LogP contribution in [-0.4, -0.2) is 9.13 Å². The van der Waals surface area contributed by atoms with E-state index in [4.69, 9.17) is 0 Å². The highest BCUT2D eigenvalue weighted by molar-refractivity contribution is 6.14. The molecule has 0 aliphatic heterocycles. The molecule has 0 radical (unpaired) electrons. The molecule has 0 unspecified atom stereocenters. The third-order valence-electron chi connectivity index (χ3n) is 14.8. The Bertz CT molecular complexity index is 4320. The van der Waals surface area contributed by atoms with Crippen LogP contribution in [-0.2, 0) is 12.4 Å². The first-order chi connectivity index (χ1) is 37.9. The van der Waals surface area contributed by atoms with Crippen LogP contribution in [0, 0.1) is 11.3 Å². The molecule has 78 heavy (non-hydrogen) atoms. The van der Waals surface area contributed by atoms with Crippen molar-refractivity contribution in [1.82, 2.24) is 9.13 Å². The number of halogens is 6. The summed E-state index contributed by atoms with van der Waals surface area (Å²) in [6, 6.07) is 79.6. The van der Waals surface area contributed by atoms with Crippen LogP contribution in [0.25, 0.3) is 122 Å². The van der Waals surface area contributed by atoms with Crippen molar-refractivity contribution in [2.24, 2.45) is 0 Å². The summed E-state index contributed by atoms with van der Waals surface area (Å²) >= 11 is 0. The van der Waals surface area contributed by atoms with Crippen LogP contribution in [0.3, 0.4) is 0 Å². The van der Waals surface area contributed by atoms with Gasteiger partial charge in [0.15, 0.2) is 0 Å². The summed E-state index contributed by atoms with van der Waals surface area (Å²) in [5, 5.41) is 14.4. The lowest BCUT2D eigenvalue weighted by Gasteiger charge is -2.21. The van der Waals surface area contributed by atoms with Crippen LogP contribution in [0.2, 0.25) is 0 Å². The molecule has 9 heteroatoms. The number of rotatable bonds is 8. The van der Waals surface area contributed by atoms with E-state index in [9.17, 15) is 18.4 Å². The van der Waals surface area contributed by atoms with E-state index in [0.717, 1.165) is 94.2 Å². The van der Waals surface area contributed by atoms with Gasteiger partial charge < -0.3 is 9.13 Å². The molecule has 0 saturated heterocycles. The van der Waals surface area contributed by atoms with Crippen molar-refractivity contribution < 1.29 is 26.3 Å². The number of nitriles is 1. The Morgan fingerprint density at radius 3 is 1.06 bits per heavy atom. The van der Waals surface area contributed by atoms with Gasteiger partial charge in [0.25, 0.3) is 0 Å². The predicted octanol–water partition coefficient (Wildman–Crippen LogP) is 19.8. The fraction of sp³-hybridized carbons (Fsp3) is 0.0290. The van der Waals surface area contributed by atoms with Gasteiger partial charge >= 0.3 is 12.4 Å². The summed E-state index contributed by atoms with van der Waals surface area (Å²) in [6.07, 6.45) is -10.2. The third-order valence-corrected chi connectivity index (χ3v) is 14.8. The second kappa shape index (κ2) is 18.7. The van der Waals surface area contributed by atoms with E-state index >= 15 is 13.2 Å². The van der Waals surface area contributed by atoms with Gasteiger partial charge in [-0.3, -0.25) is 0 Å². The fourth-order valence-corrected chi connectivity index (χ4v) is 11.1. The van der Waals surface area contributed by atoms with E-state index in [2.05, 4.69) is 137 Å². The van der Waals surface area contributed by atoms with Gasteiger partial charge in [-0.05, 0) is 141 Å². The molecule has 374 valence electrons. The summed E-state index contributed by atoms with van der Waals surface area (Å²) in [6.45, 7) is 0. The highest BCUT2D eigenvalue weighted by Gasteiger charge is 2.39. The van der Waals surface area contributed by atoms with Crippen molar-refractivity contribution >= 4 is 43.6 Å².